The van der Waals surface area contributed by atoms with Crippen LogP contribution in [0.1, 0.15) is 24.0 Å². The molecule has 5 nitrogen and oxygen atoms in total. The Labute approximate surface area is 175 Å². The summed E-state index contributed by atoms with van der Waals surface area (Å²) in [5.41, 5.74) is 3.51. The average Bonchev–Trinajstić information content (AvgIpc) is 3.22. The molecular formula is C23H25N3O2S. The Bertz CT molecular complexity index is 1060. The van der Waals surface area contributed by atoms with E-state index in [1.807, 2.05) is 60.4 Å². The number of nitrogens with one attached hydrogen (secondary N) is 2. The number of aromatic nitrogens is 1. The van der Waals surface area contributed by atoms with Crippen LogP contribution in [0, 0.1) is 6.92 Å². The maximum atomic E-state index is 12.7. The fourth-order valence-electron chi connectivity index (χ4n) is 3.66. The van der Waals surface area contributed by atoms with Crippen molar-refractivity contribution in [2.75, 3.05) is 18.5 Å². The highest BCUT2D eigenvalue weighted by molar-refractivity contribution is 7.80. The van der Waals surface area contributed by atoms with Crippen LogP contribution in [0.3, 0.4) is 0 Å². The van der Waals surface area contributed by atoms with Gasteiger partial charge in [-0.1, -0.05) is 30.3 Å². The summed E-state index contributed by atoms with van der Waals surface area (Å²) in [6, 6.07) is 17.9. The quantitative estimate of drug-likeness (QED) is 0.621. The fourth-order valence-corrected chi connectivity index (χ4v) is 3.92. The lowest BCUT2D eigenvalue weighted by molar-refractivity contribution is 0.0904. The lowest BCUT2D eigenvalue weighted by atomic mass is 10.1. The highest BCUT2D eigenvalue weighted by atomic mass is 32.1. The normalized spacial score (nSPS) is 16.1. The van der Waals surface area contributed by atoms with E-state index in [2.05, 4.69) is 16.4 Å². The lowest BCUT2D eigenvalue weighted by Crippen LogP contribution is -2.40. The van der Waals surface area contributed by atoms with E-state index in [4.69, 9.17) is 17.0 Å². The van der Waals surface area contributed by atoms with Crippen molar-refractivity contribution in [3.8, 4) is 0 Å². The number of H-pyrrole nitrogens is 1. The number of benzene rings is 2. The van der Waals surface area contributed by atoms with Crippen LogP contribution in [0.15, 0.2) is 59.4 Å². The van der Waals surface area contributed by atoms with E-state index in [0.717, 1.165) is 41.6 Å². The van der Waals surface area contributed by atoms with Crippen molar-refractivity contribution in [1.29, 1.82) is 0 Å². The van der Waals surface area contributed by atoms with E-state index in [1.54, 1.807) is 0 Å². The molecule has 1 atom stereocenters. The molecule has 1 aromatic heterocycles. The minimum atomic E-state index is -0.0806. The standard InChI is InChI=1S/C23H25N3O2S/c1-16-9-10-17-13-18(22(27)25-21(17)12-16)14-26(15-20-8-5-11-28-20)23(29)24-19-6-3-2-4-7-19/h2-4,6-7,9-10,12-13,20H,5,8,11,14-15H2,1H3,(H,24,29)(H,25,27)/t20-/m1/s1. The van der Waals surface area contributed by atoms with Gasteiger partial charge >= 0.3 is 0 Å². The van der Waals surface area contributed by atoms with Crippen LogP contribution < -0.4 is 10.9 Å². The molecule has 0 amide bonds. The van der Waals surface area contributed by atoms with E-state index in [9.17, 15) is 4.79 Å². The number of nitrogens with zero attached hydrogens (tertiary/aromatic N) is 1. The molecular weight excluding hydrogens is 382 g/mol. The lowest BCUT2D eigenvalue weighted by Gasteiger charge is -2.28. The highest BCUT2D eigenvalue weighted by Crippen LogP contribution is 2.18. The van der Waals surface area contributed by atoms with Gasteiger partial charge in [0.15, 0.2) is 5.11 Å². The fraction of sp³-hybridized carbons (Fsp3) is 0.304. The van der Waals surface area contributed by atoms with Crippen LogP contribution in [-0.2, 0) is 11.3 Å². The molecule has 1 saturated heterocycles. The molecule has 1 aliphatic rings. The monoisotopic (exact) mass is 407 g/mol. The van der Waals surface area contributed by atoms with Crippen molar-refractivity contribution in [2.45, 2.75) is 32.4 Å². The van der Waals surface area contributed by atoms with Crippen molar-refractivity contribution < 1.29 is 4.74 Å². The molecule has 150 valence electrons. The number of aryl methyl sites for hydroxylation is 1. The van der Waals surface area contributed by atoms with Crippen molar-refractivity contribution in [3.05, 3.63) is 76.1 Å². The third kappa shape index (κ3) is 4.83. The summed E-state index contributed by atoms with van der Waals surface area (Å²) >= 11 is 5.69. The van der Waals surface area contributed by atoms with Crippen molar-refractivity contribution in [1.82, 2.24) is 9.88 Å². The van der Waals surface area contributed by atoms with E-state index < -0.39 is 0 Å². The topological polar surface area (TPSA) is 57.4 Å². The van der Waals surface area contributed by atoms with Gasteiger partial charge in [0.05, 0.1) is 12.6 Å². The smallest absolute Gasteiger partial charge is 0.253 e. The number of rotatable bonds is 5. The van der Waals surface area contributed by atoms with Crippen molar-refractivity contribution >= 4 is 33.9 Å². The zero-order valence-electron chi connectivity index (χ0n) is 16.5. The molecule has 4 rings (SSSR count). The molecule has 3 aromatic rings. The second kappa shape index (κ2) is 8.76. The zero-order chi connectivity index (χ0) is 20.2. The number of anilines is 1. The third-order valence-corrected chi connectivity index (χ3v) is 5.56. The maximum Gasteiger partial charge on any atom is 0.253 e. The summed E-state index contributed by atoms with van der Waals surface area (Å²) in [6.45, 7) is 3.89. The van der Waals surface area contributed by atoms with Crippen molar-refractivity contribution in [2.24, 2.45) is 0 Å². The molecule has 1 aliphatic heterocycles. The number of thiocarbonyl (C=S) groups is 1. The minimum Gasteiger partial charge on any atom is -0.376 e. The molecule has 6 heteroatoms. The molecule has 2 N–H and O–H groups in total. The predicted molar refractivity (Wildman–Crippen MR) is 121 cm³/mol. The van der Waals surface area contributed by atoms with Gasteiger partial charge in [-0.05, 0) is 67.2 Å². The number of aromatic amines is 1. The van der Waals surface area contributed by atoms with Gasteiger partial charge in [0, 0.05) is 29.9 Å². The van der Waals surface area contributed by atoms with E-state index in [0.29, 0.717) is 23.8 Å². The molecule has 0 saturated carbocycles. The van der Waals surface area contributed by atoms with Crippen LogP contribution in [0.4, 0.5) is 5.69 Å². The Kier molecular flexibility index (Phi) is 5.92. The van der Waals surface area contributed by atoms with E-state index in [-0.39, 0.29) is 11.7 Å². The number of pyridine rings is 1. The van der Waals surface area contributed by atoms with Gasteiger partial charge in [-0.3, -0.25) is 4.79 Å². The third-order valence-electron chi connectivity index (χ3n) is 5.20. The van der Waals surface area contributed by atoms with Crippen LogP contribution in [-0.4, -0.2) is 34.3 Å². The van der Waals surface area contributed by atoms with Crippen LogP contribution in [0.2, 0.25) is 0 Å². The largest absolute Gasteiger partial charge is 0.376 e. The molecule has 0 radical (unpaired) electrons. The molecule has 0 unspecified atom stereocenters. The van der Waals surface area contributed by atoms with Crippen LogP contribution in [0.5, 0.6) is 0 Å². The molecule has 0 spiro atoms. The summed E-state index contributed by atoms with van der Waals surface area (Å²) in [5.74, 6) is 0. The number of para-hydroxylation sites is 1. The second-order valence-corrected chi connectivity index (χ2v) is 7.91. The van der Waals surface area contributed by atoms with Gasteiger partial charge in [0.25, 0.3) is 5.56 Å². The molecule has 2 heterocycles. The van der Waals surface area contributed by atoms with Crippen LogP contribution >= 0.6 is 12.2 Å². The first-order valence-corrected chi connectivity index (χ1v) is 10.3. The van der Waals surface area contributed by atoms with Gasteiger partial charge in [-0.15, -0.1) is 0 Å². The van der Waals surface area contributed by atoms with Gasteiger partial charge in [0.2, 0.25) is 0 Å². The zero-order valence-corrected chi connectivity index (χ0v) is 17.3. The summed E-state index contributed by atoms with van der Waals surface area (Å²) in [7, 11) is 0. The van der Waals surface area contributed by atoms with Gasteiger partial charge in [-0.2, -0.15) is 0 Å². The SMILES string of the molecule is Cc1ccc2cc(CN(C[C@H]3CCCO3)C(=S)Nc3ccccc3)c(=O)[nH]c2c1. The van der Waals surface area contributed by atoms with Gasteiger partial charge in [-0.25, -0.2) is 0 Å². The Morgan fingerprint density at radius 2 is 2.07 bits per heavy atom. The second-order valence-electron chi connectivity index (χ2n) is 7.53. The Balaban J connectivity index is 1.59. The Morgan fingerprint density at radius 1 is 1.24 bits per heavy atom. The summed E-state index contributed by atoms with van der Waals surface area (Å²) in [6.07, 6.45) is 2.21. The van der Waals surface area contributed by atoms with E-state index in [1.165, 1.54) is 0 Å². The number of hydrogen-bond acceptors (Lipinski definition) is 3. The number of fused-ring (bicyclic) bond motifs is 1. The Hall–Kier alpha value is -2.70. The first kappa shape index (κ1) is 19.6. The minimum absolute atomic E-state index is 0.0806. The first-order valence-electron chi connectivity index (χ1n) is 9.93. The highest BCUT2D eigenvalue weighted by Gasteiger charge is 2.22. The predicted octanol–water partition coefficient (Wildman–Crippen LogP) is 4.21. The average molecular weight is 408 g/mol. The van der Waals surface area contributed by atoms with Gasteiger partial charge in [0.1, 0.15) is 0 Å². The molecule has 0 aliphatic carbocycles. The van der Waals surface area contributed by atoms with Gasteiger partial charge < -0.3 is 19.9 Å². The first-order chi connectivity index (χ1) is 14.1. The van der Waals surface area contributed by atoms with E-state index >= 15 is 0 Å². The Morgan fingerprint density at radius 3 is 2.83 bits per heavy atom. The summed E-state index contributed by atoms with van der Waals surface area (Å²) in [5, 5.41) is 4.90. The molecule has 2 aromatic carbocycles. The van der Waals surface area contributed by atoms with Crippen LogP contribution in [0.25, 0.3) is 10.9 Å². The molecule has 1 fully saturated rings. The van der Waals surface area contributed by atoms with Crippen molar-refractivity contribution in [3.63, 3.8) is 0 Å². The number of hydrogen-bond donors (Lipinski definition) is 2. The number of ether oxygens (including phenoxy) is 1. The maximum absolute atomic E-state index is 12.7. The summed E-state index contributed by atoms with van der Waals surface area (Å²) in [4.78, 5) is 17.8. The molecule has 29 heavy (non-hydrogen) atoms. The molecule has 0 bridgehead atoms. The summed E-state index contributed by atoms with van der Waals surface area (Å²) < 4.78 is 5.82.